The first kappa shape index (κ1) is 17.0. The van der Waals surface area contributed by atoms with Gasteiger partial charge in [-0.2, -0.15) is 0 Å². The van der Waals surface area contributed by atoms with Crippen molar-refractivity contribution in [1.29, 1.82) is 0 Å². The number of nitrogens with one attached hydrogen (secondary N) is 1. The van der Waals surface area contributed by atoms with Crippen LogP contribution in [0.25, 0.3) is 0 Å². The molecular formula is C16H28N2O2. The molecule has 0 radical (unpaired) electrons. The van der Waals surface area contributed by atoms with Crippen LogP contribution in [-0.4, -0.2) is 51.9 Å². The molecule has 0 aliphatic rings. The normalized spacial score (nSPS) is 12.7. The van der Waals surface area contributed by atoms with Crippen molar-refractivity contribution >= 4 is 0 Å². The van der Waals surface area contributed by atoms with Crippen LogP contribution < -0.4 is 10.1 Å². The third kappa shape index (κ3) is 5.90. The van der Waals surface area contributed by atoms with Gasteiger partial charge in [0.25, 0.3) is 0 Å². The van der Waals surface area contributed by atoms with E-state index in [1.807, 2.05) is 33.0 Å². The van der Waals surface area contributed by atoms with E-state index in [-0.39, 0.29) is 0 Å². The molecule has 0 fully saturated rings. The Balaban J connectivity index is 2.52. The highest BCUT2D eigenvalue weighted by molar-refractivity contribution is 5.29. The van der Waals surface area contributed by atoms with Gasteiger partial charge < -0.3 is 19.7 Å². The number of likely N-dealkylation sites (N-methyl/N-ethyl adjacent to an activating group) is 2. The van der Waals surface area contributed by atoms with Gasteiger partial charge in [0.1, 0.15) is 5.75 Å². The Morgan fingerprint density at radius 3 is 2.40 bits per heavy atom. The maximum atomic E-state index is 5.47. The van der Waals surface area contributed by atoms with Crippen LogP contribution in [0.1, 0.15) is 25.5 Å². The number of nitrogens with zero attached hydrogens (tertiary/aromatic N) is 1. The fourth-order valence-corrected chi connectivity index (χ4v) is 2.09. The van der Waals surface area contributed by atoms with Crippen molar-refractivity contribution in [2.45, 2.75) is 19.9 Å². The topological polar surface area (TPSA) is 33.7 Å². The maximum Gasteiger partial charge on any atom is 0.119 e. The average molecular weight is 280 g/mol. The second-order valence-electron chi connectivity index (χ2n) is 4.80. The highest BCUT2D eigenvalue weighted by Crippen LogP contribution is 2.18. The molecule has 1 unspecified atom stereocenters. The van der Waals surface area contributed by atoms with Crippen molar-refractivity contribution in [3.63, 3.8) is 0 Å². The first-order valence-electron chi connectivity index (χ1n) is 7.37. The van der Waals surface area contributed by atoms with Crippen LogP contribution in [0.4, 0.5) is 0 Å². The highest BCUT2D eigenvalue weighted by Gasteiger charge is 2.12. The minimum atomic E-state index is 0.317. The fraction of sp³-hybridized carbons (Fsp3) is 0.625. The van der Waals surface area contributed by atoms with Gasteiger partial charge in [-0.25, -0.2) is 0 Å². The summed E-state index contributed by atoms with van der Waals surface area (Å²) in [5.74, 6) is 0.927. The quantitative estimate of drug-likeness (QED) is 0.667. The van der Waals surface area contributed by atoms with Gasteiger partial charge in [-0.15, -0.1) is 0 Å². The molecule has 114 valence electrons. The molecule has 1 rings (SSSR count). The zero-order chi connectivity index (χ0) is 14.8. The summed E-state index contributed by atoms with van der Waals surface area (Å²) in [6.45, 7) is 8.19. The largest absolute Gasteiger partial charge is 0.494 e. The Morgan fingerprint density at radius 2 is 1.85 bits per heavy atom. The van der Waals surface area contributed by atoms with E-state index in [0.717, 1.165) is 32.1 Å². The van der Waals surface area contributed by atoms with Crippen LogP contribution in [0.5, 0.6) is 5.75 Å². The lowest BCUT2D eigenvalue weighted by Crippen LogP contribution is -2.33. The van der Waals surface area contributed by atoms with Crippen LogP contribution in [0.3, 0.4) is 0 Å². The van der Waals surface area contributed by atoms with Gasteiger partial charge in [-0.1, -0.05) is 12.1 Å². The molecule has 0 spiro atoms. The molecule has 0 amide bonds. The third-order valence-corrected chi connectivity index (χ3v) is 3.26. The standard InChI is InChI=1S/C16H28N2O2/c1-5-19-12-11-18(4)13-16(17-3)14-7-9-15(10-8-14)20-6-2/h7-10,16-17H,5-6,11-13H2,1-4H3. The smallest absolute Gasteiger partial charge is 0.119 e. The summed E-state index contributed by atoms with van der Waals surface area (Å²) in [7, 11) is 4.12. The predicted molar refractivity (Wildman–Crippen MR) is 83.4 cm³/mol. The summed E-state index contributed by atoms with van der Waals surface area (Å²) >= 11 is 0. The van der Waals surface area contributed by atoms with Crippen molar-refractivity contribution in [3.8, 4) is 5.75 Å². The Kier molecular flexibility index (Phi) is 8.26. The molecule has 0 bridgehead atoms. The van der Waals surface area contributed by atoms with Crippen molar-refractivity contribution in [2.24, 2.45) is 0 Å². The molecule has 0 heterocycles. The minimum Gasteiger partial charge on any atom is -0.494 e. The van der Waals surface area contributed by atoms with Crippen molar-refractivity contribution < 1.29 is 9.47 Å². The van der Waals surface area contributed by atoms with E-state index < -0.39 is 0 Å². The summed E-state index contributed by atoms with van der Waals surface area (Å²) in [5, 5.41) is 3.37. The van der Waals surface area contributed by atoms with Gasteiger partial charge in [-0.05, 0) is 45.6 Å². The zero-order valence-electron chi connectivity index (χ0n) is 13.2. The molecule has 1 aromatic rings. The van der Waals surface area contributed by atoms with Gasteiger partial charge in [0.05, 0.1) is 13.2 Å². The summed E-state index contributed by atoms with van der Waals surface area (Å²) < 4.78 is 10.9. The van der Waals surface area contributed by atoms with Crippen LogP contribution in [-0.2, 0) is 4.74 Å². The van der Waals surface area contributed by atoms with E-state index in [0.29, 0.717) is 12.6 Å². The molecule has 1 N–H and O–H groups in total. The highest BCUT2D eigenvalue weighted by atomic mass is 16.5. The van der Waals surface area contributed by atoms with Gasteiger partial charge >= 0.3 is 0 Å². The Bertz CT molecular complexity index is 354. The Morgan fingerprint density at radius 1 is 1.15 bits per heavy atom. The van der Waals surface area contributed by atoms with Gasteiger partial charge in [0.15, 0.2) is 0 Å². The number of hydrogen-bond acceptors (Lipinski definition) is 4. The molecular weight excluding hydrogens is 252 g/mol. The Hall–Kier alpha value is -1.10. The molecule has 4 heteroatoms. The monoisotopic (exact) mass is 280 g/mol. The first-order chi connectivity index (χ1) is 9.71. The molecule has 0 aromatic heterocycles. The molecule has 0 aliphatic carbocycles. The van der Waals surface area contributed by atoms with Crippen LogP contribution in [0, 0.1) is 0 Å². The SMILES string of the molecule is CCOCCN(C)CC(NC)c1ccc(OCC)cc1. The maximum absolute atomic E-state index is 5.47. The number of rotatable bonds is 10. The zero-order valence-corrected chi connectivity index (χ0v) is 13.2. The second-order valence-corrected chi connectivity index (χ2v) is 4.80. The van der Waals surface area contributed by atoms with E-state index in [2.05, 4.69) is 29.4 Å². The van der Waals surface area contributed by atoms with E-state index in [1.54, 1.807) is 0 Å². The second kappa shape index (κ2) is 9.75. The van der Waals surface area contributed by atoms with E-state index in [9.17, 15) is 0 Å². The fourth-order valence-electron chi connectivity index (χ4n) is 2.09. The molecule has 0 saturated heterocycles. The molecule has 20 heavy (non-hydrogen) atoms. The molecule has 0 aliphatic heterocycles. The van der Waals surface area contributed by atoms with Gasteiger partial charge in [-0.3, -0.25) is 0 Å². The van der Waals surface area contributed by atoms with Crippen LogP contribution in [0.15, 0.2) is 24.3 Å². The molecule has 4 nitrogen and oxygen atoms in total. The lowest BCUT2D eigenvalue weighted by Gasteiger charge is -2.24. The lowest BCUT2D eigenvalue weighted by molar-refractivity contribution is 0.119. The number of hydrogen-bond donors (Lipinski definition) is 1. The van der Waals surface area contributed by atoms with Crippen LogP contribution in [0.2, 0.25) is 0 Å². The molecule has 1 atom stereocenters. The predicted octanol–water partition coefficient (Wildman–Crippen LogP) is 2.31. The third-order valence-electron chi connectivity index (χ3n) is 3.26. The number of ether oxygens (including phenoxy) is 2. The molecule has 1 aromatic carbocycles. The minimum absolute atomic E-state index is 0.317. The van der Waals surface area contributed by atoms with E-state index in [4.69, 9.17) is 9.47 Å². The van der Waals surface area contributed by atoms with Crippen molar-refractivity contribution in [1.82, 2.24) is 10.2 Å². The first-order valence-corrected chi connectivity index (χ1v) is 7.37. The summed E-state index contributed by atoms with van der Waals surface area (Å²) in [6, 6.07) is 8.63. The molecule has 0 saturated carbocycles. The van der Waals surface area contributed by atoms with Crippen molar-refractivity contribution in [3.05, 3.63) is 29.8 Å². The summed E-state index contributed by atoms with van der Waals surface area (Å²) in [5.41, 5.74) is 1.28. The van der Waals surface area contributed by atoms with Crippen molar-refractivity contribution in [2.75, 3.05) is 47.0 Å². The van der Waals surface area contributed by atoms with E-state index in [1.165, 1.54) is 5.56 Å². The Labute approximate surface area is 123 Å². The summed E-state index contributed by atoms with van der Waals surface area (Å²) in [6.07, 6.45) is 0. The lowest BCUT2D eigenvalue weighted by atomic mass is 10.1. The van der Waals surface area contributed by atoms with E-state index >= 15 is 0 Å². The summed E-state index contributed by atoms with van der Waals surface area (Å²) in [4.78, 5) is 2.29. The van der Waals surface area contributed by atoms with Crippen LogP contribution >= 0.6 is 0 Å². The van der Waals surface area contributed by atoms with Gasteiger partial charge in [0, 0.05) is 25.7 Å². The van der Waals surface area contributed by atoms with Gasteiger partial charge in [0.2, 0.25) is 0 Å². The average Bonchev–Trinajstić information content (AvgIpc) is 2.46. The number of benzene rings is 1.